The van der Waals surface area contributed by atoms with Gasteiger partial charge >= 0.3 is 5.97 Å². The zero-order valence-electron chi connectivity index (χ0n) is 20.3. The lowest BCUT2D eigenvalue weighted by atomic mass is 9.80. The largest absolute Gasteiger partial charge is 0.469 e. The maximum absolute atomic E-state index is 13.2. The predicted octanol–water partition coefficient (Wildman–Crippen LogP) is 3.50. The van der Waals surface area contributed by atoms with Crippen molar-refractivity contribution in [3.63, 3.8) is 0 Å². The van der Waals surface area contributed by atoms with Gasteiger partial charge in [-0.2, -0.15) is 5.10 Å². The average Bonchev–Trinajstić information content (AvgIpc) is 3.05. The minimum absolute atomic E-state index is 0.114. The van der Waals surface area contributed by atoms with Crippen LogP contribution in [0.4, 0.5) is 0 Å². The molecule has 8 nitrogen and oxygen atoms in total. The smallest absolute Gasteiger partial charge is 0.313 e. The third kappa shape index (κ3) is 5.10. The fraction of sp³-hybridized carbons (Fsp3) is 0.400. The first-order valence-corrected chi connectivity index (χ1v) is 10.8. The topological polar surface area (TPSA) is 99.0 Å². The molecule has 1 unspecified atom stereocenters. The van der Waals surface area contributed by atoms with Crippen LogP contribution in [0.25, 0.3) is 5.95 Å². The highest BCUT2D eigenvalue weighted by atomic mass is 16.5. The molecular weight excluding hydrogens is 418 g/mol. The Morgan fingerprint density at radius 2 is 1.67 bits per heavy atom. The molecule has 0 fully saturated rings. The molecule has 1 aromatic carbocycles. The standard InChI is InChI=1S/C25H31N5O3/c1-15-13-16(2)27-24(26-15)30-18(4)20(17(3)29-30)14-21(31)28-22(19-11-9-8-10-12-19)25(5,6)23(32)33-7/h8-13,22H,14H2,1-7H3,(H,28,31). The van der Waals surface area contributed by atoms with E-state index in [4.69, 9.17) is 4.74 Å². The van der Waals surface area contributed by atoms with Gasteiger partial charge in [-0.1, -0.05) is 30.3 Å². The minimum atomic E-state index is -0.965. The summed E-state index contributed by atoms with van der Waals surface area (Å²) < 4.78 is 6.68. The number of amides is 1. The third-order valence-corrected chi connectivity index (χ3v) is 5.81. The van der Waals surface area contributed by atoms with Crippen molar-refractivity contribution in [3.8, 4) is 5.95 Å². The number of hydrogen-bond acceptors (Lipinski definition) is 6. The van der Waals surface area contributed by atoms with Crippen LogP contribution in [0.5, 0.6) is 0 Å². The average molecular weight is 450 g/mol. The zero-order valence-corrected chi connectivity index (χ0v) is 20.3. The summed E-state index contributed by atoms with van der Waals surface area (Å²) in [7, 11) is 1.35. The number of aromatic nitrogens is 4. The van der Waals surface area contributed by atoms with Gasteiger partial charge in [-0.05, 0) is 53.2 Å². The van der Waals surface area contributed by atoms with E-state index >= 15 is 0 Å². The molecule has 1 N–H and O–H groups in total. The summed E-state index contributed by atoms with van der Waals surface area (Å²) in [5.74, 6) is -0.134. The van der Waals surface area contributed by atoms with Gasteiger partial charge in [0.1, 0.15) is 0 Å². The Labute approximate surface area is 194 Å². The molecule has 0 aliphatic heterocycles. The minimum Gasteiger partial charge on any atom is -0.469 e. The molecule has 0 aliphatic carbocycles. The summed E-state index contributed by atoms with van der Waals surface area (Å²) in [4.78, 5) is 34.7. The number of ether oxygens (including phenoxy) is 1. The van der Waals surface area contributed by atoms with Crippen molar-refractivity contribution in [1.29, 1.82) is 0 Å². The number of methoxy groups -OCH3 is 1. The van der Waals surface area contributed by atoms with Crippen LogP contribution < -0.4 is 5.32 Å². The van der Waals surface area contributed by atoms with Crippen LogP contribution in [0.3, 0.4) is 0 Å². The van der Waals surface area contributed by atoms with Crippen molar-refractivity contribution in [2.24, 2.45) is 5.41 Å². The van der Waals surface area contributed by atoms with Gasteiger partial charge in [0, 0.05) is 22.6 Å². The molecule has 3 rings (SSSR count). The summed E-state index contributed by atoms with van der Waals surface area (Å²) in [6.07, 6.45) is 0.114. The Balaban J connectivity index is 1.90. The Morgan fingerprint density at radius 1 is 1.06 bits per heavy atom. The van der Waals surface area contributed by atoms with E-state index in [2.05, 4.69) is 20.4 Å². The van der Waals surface area contributed by atoms with Crippen molar-refractivity contribution in [3.05, 3.63) is 70.3 Å². The Hall–Kier alpha value is -3.55. The number of hydrogen-bond donors (Lipinski definition) is 1. The van der Waals surface area contributed by atoms with E-state index in [0.717, 1.165) is 33.9 Å². The lowest BCUT2D eigenvalue weighted by Gasteiger charge is -2.33. The van der Waals surface area contributed by atoms with Crippen molar-refractivity contribution < 1.29 is 14.3 Å². The summed E-state index contributed by atoms with van der Waals surface area (Å²) in [6, 6.07) is 10.8. The summed E-state index contributed by atoms with van der Waals surface area (Å²) in [5.41, 5.74) is 3.89. The SMILES string of the molecule is COC(=O)C(C)(C)C(NC(=O)Cc1c(C)nn(-c2nc(C)cc(C)n2)c1C)c1ccccc1. The summed E-state index contributed by atoms with van der Waals surface area (Å²) in [6.45, 7) is 11.1. The highest BCUT2D eigenvalue weighted by Gasteiger charge is 2.40. The Morgan fingerprint density at radius 3 is 2.24 bits per heavy atom. The molecule has 3 aromatic rings. The van der Waals surface area contributed by atoms with Crippen molar-refractivity contribution >= 4 is 11.9 Å². The second kappa shape index (κ2) is 9.52. The molecular formula is C25H31N5O3. The van der Waals surface area contributed by atoms with E-state index in [-0.39, 0.29) is 12.3 Å². The molecule has 0 bridgehead atoms. The molecule has 8 heteroatoms. The molecule has 0 aliphatic rings. The number of carbonyl (C=O) groups excluding carboxylic acids is 2. The van der Waals surface area contributed by atoms with E-state index in [1.807, 2.05) is 64.1 Å². The Bertz CT molecular complexity index is 1150. The number of rotatable bonds is 7. The van der Waals surface area contributed by atoms with E-state index in [1.54, 1.807) is 18.5 Å². The normalized spacial score (nSPS) is 12.3. The van der Waals surface area contributed by atoms with Crippen LogP contribution in [0.15, 0.2) is 36.4 Å². The van der Waals surface area contributed by atoms with Gasteiger partial charge in [0.05, 0.1) is 30.7 Å². The first-order valence-electron chi connectivity index (χ1n) is 10.8. The maximum Gasteiger partial charge on any atom is 0.313 e. The van der Waals surface area contributed by atoms with Crippen molar-refractivity contribution in [1.82, 2.24) is 25.1 Å². The molecule has 33 heavy (non-hydrogen) atoms. The molecule has 2 heterocycles. The quantitative estimate of drug-likeness (QED) is 0.555. The van der Waals surface area contributed by atoms with E-state index in [1.165, 1.54) is 7.11 Å². The van der Waals surface area contributed by atoms with Gasteiger partial charge in [-0.25, -0.2) is 14.6 Å². The number of nitrogens with one attached hydrogen (secondary N) is 1. The third-order valence-electron chi connectivity index (χ3n) is 5.81. The van der Waals surface area contributed by atoms with Crippen LogP contribution in [0.1, 0.15) is 53.8 Å². The lowest BCUT2D eigenvalue weighted by molar-refractivity contribution is -0.153. The number of esters is 1. The van der Waals surface area contributed by atoms with Gasteiger partial charge in [0.2, 0.25) is 5.91 Å². The van der Waals surface area contributed by atoms with Crippen LogP contribution >= 0.6 is 0 Å². The molecule has 0 radical (unpaired) electrons. The lowest BCUT2D eigenvalue weighted by Crippen LogP contribution is -2.43. The van der Waals surface area contributed by atoms with E-state index < -0.39 is 17.4 Å². The van der Waals surface area contributed by atoms with E-state index in [9.17, 15) is 9.59 Å². The molecule has 174 valence electrons. The highest BCUT2D eigenvalue weighted by Crippen LogP contribution is 2.34. The molecule has 0 spiro atoms. The molecule has 0 saturated heterocycles. The zero-order chi connectivity index (χ0) is 24.3. The van der Waals surface area contributed by atoms with Crippen LogP contribution in [-0.2, 0) is 20.7 Å². The monoisotopic (exact) mass is 449 g/mol. The first-order chi connectivity index (χ1) is 15.5. The molecule has 1 atom stereocenters. The second-order valence-corrected chi connectivity index (χ2v) is 8.81. The van der Waals surface area contributed by atoms with Gasteiger partial charge < -0.3 is 10.1 Å². The number of benzene rings is 1. The Kier molecular flexibility index (Phi) is 6.95. The highest BCUT2D eigenvalue weighted by molar-refractivity contribution is 5.82. The van der Waals surface area contributed by atoms with Gasteiger partial charge in [-0.15, -0.1) is 0 Å². The van der Waals surface area contributed by atoms with Crippen LogP contribution in [0, 0.1) is 33.1 Å². The van der Waals surface area contributed by atoms with Gasteiger partial charge in [-0.3, -0.25) is 9.59 Å². The van der Waals surface area contributed by atoms with Crippen LogP contribution in [0.2, 0.25) is 0 Å². The molecule has 1 amide bonds. The van der Waals surface area contributed by atoms with Crippen molar-refractivity contribution in [2.75, 3.05) is 7.11 Å². The fourth-order valence-electron chi connectivity index (χ4n) is 4.01. The number of nitrogens with zero attached hydrogens (tertiary/aromatic N) is 4. The predicted molar refractivity (Wildman–Crippen MR) is 125 cm³/mol. The number of carbonyl (C=O) groups is 2. The molecule has 0 saturated carbocycles. The second-order valence-electron chi connectivity index (χ2n) is 8.81. The van der Waals surface area contributed by atoms with Gasteiger partial charge in [0.15, 0.2) is 0 Å². The molecule has 2 aromatic heterocycles. The van der Waals surface area contributed by atoms with Crippen LogP contribution in [-0.4, -0.2) is 38.7 Å². The first kappa shape index (κ1) is 24.1. The van der Waals surface area contributed by atoms with Gasteiger partial charge in [0.25, 0.3) is 5.95 Å². The van der Waals surface area contributed by atoms with Crippen molar-refractivity contribution in [2.45, 2.75) is 54.0 Å². The maximum atomic E-state index is 13.2. The fourth-order valence-corrected chi connectivity index (χ4v) is 4.01. The number of aryl methyl sites for hydroxylation is 3. The summed E-state index contributed by atoms with van der Waals surface area (Å²) >= 11 is 0. The summed E-state index contributed by atoms with van der Waals surface area (Å²) in [5, 5.41) is 7.63. The van der Waals surface area contributed by atoms with E-state index in [0.29, 0.717) is 5.95 Å².